The predicted molar refractivity (Wildman–Crippen MR) is 66.5 cm³/mol. The molecule has 0 aliphatic carbocycles. The number of amides is 2. The summed E-state index contributed by atoms with van der Waals surface area (Å²) < 4.78 is 4.80. The number of hydrogen-bond donors (Lipinski definition) is 2. The molecule has 7 heteroatoms. The summed E-state index contributed by atoms with van der Waals surface area (Å²) >= 11 is 1.32. The molecule has 2 aromatic rings. The lowest BCUT2D eigenvalue weighted by atomic mass is 10.4. The van der Waals surface area contributed by atoms with Crippen LogP contribution in [0, 0.1) is 6.92 Å². The maximum atomic E-state index is 11.6. The zero-order valence-corrected chi connectivity index (χ0v) is 10.4. The number of aryl methyl sites for hydroxylation is 1. The van der Waals surface area contributed by atoms with Gasteiger partial charge in [-0.1, -0.05) is 11.2 Å². The number of nitrogens with one attached hydrogen (secondary N) is 2. The lowest BCUT2D eigenvalue weighted by molar-refractivity contribution is -0.115. The molecule has 0 saturated carbocycles. The Labute approximate surface area is 107 Å². The van der Waals surface area contributed by atoms with Crippen molar-refractivity contribution in [3.05, 3.63) is 34.2 Å². The Bertz CT molecular complexity index is 548. The number of hydrogen-bond acceptors (Lipinski definition) is 5. The maximum Gasteiger partial charge on any atom is 0.261 e. The summed E-state index contributed by atoms with van der Waals surface area (Å²) in [6, 6.07) is 5.07. The fraction of sp³-hybridized carbons (Fsp3) is 0.182. The van der Waals surface area contributed by atoms with E-state index in [-0.39, 0.29) is 18.4 Å². The number of carbonyl (C=O) groups excluding carboxylic acids is 2. The first-order valence-corrected chi connectivity index (χ1v) is 6.08. The highest BCUT2D eigenvalue weighted by Gasteiger charge is 2.10. The molecule has 0 aliphatic rings. The van der Waals surface area contributed by atoms with Crippen molar-refractivity contribution in [2.24, 2.45) is 0 Å². The van der Waals surface area contributed by atoms with Crippen molar-refractivity contribution in [3.63, 3.8) is 0 Å². The molecule has 2 N–H and O–H groups in total. The minimum Gasteiger partial charge on any atom is -0.360 e. The highest BCUT2D eigenvalue weighted by atomic mass is 32.1. The first-order valence-electron chi connectivity index (χ1n) is 5.20. The first kappa shape index (κ1) is 12.3. The standard InChI is InChI=1S/C11H11N3O3S/c1-7-5-9(14-17-7)13-10(15)6-12-11(16)8-3-2-4-18-8/h2-5H,6H2,1H3,(H,12,16)(H,13,14,15). The van der Waals surface area contributed by atoms with Crippen LogP contribution in [0.1, 0.15) is 15.4 Å². The van der Waals surface area contributed by atoms with Gasteiger partial charge in [0.25, 0.3) is 5.91 Å². The molecule has 0 atom stereocenters. The third-order valence-electron chi connectivity index (χ3n) is 2.05. The van der Waals surface area contributed by atoms with Crippen LogP contribution in [0.2, 0.25) is 0 Å². The van der Waals surface area contributed by atoms with Crippen LogP contribution in [0.4, 0.5) is 5.82 Å². The fourth-order valence-electron chi connectivity index (χ4n) is 1.27. The molecule has 0 spiro atoms. The van der Waals surface area contributed by atoms with E-state index in [1.807, 2.05) is 0 Å². The first-order chi connectivity index (χ1) is 8.65. The van der Waals surface area contributed by atoms with Gasteiger partial charge in [-0.25, -0.2) is 0 Å². The molecule has 0 bridgehead atoms. The van der Waals surface area contributed by atoms with Crippen molar-refractivity contribution < 1.29 is 14.1 Å². The van der Waals surface area contributed by atoms with Crippen molar-refractivity contribution in [1.29, 1.82) is 0 Å². The van der Waals surface area contributed by atoms with Crippen LogP contribution in [0.3, 0.4) is 0 Å². The molecule has 2 heterocycles. The third kappa shape index (κ3) is 3.17. The van der Waals surface area contributed by atoms with E-state index in [4.69, 9.17) is 4.52 Å². The van der Waals surface area contributed by atoms with E-state index in [1.165, 1.54) is 11.3 Å². The third-order valence-corrected chi connectivity index (χ3v) is 2.92. The van der Waals surface area contributed by atoms with Gasteiger partial charge < -0.3 is 15.2 Å². The highest BCUT2D eigenvalue weighted by Crippen LogP contribution is 2.08. The second-order valence-electron chi connectivity index (χ2n) is 3.53. The zero-order valence-electron chi connectivity index (χ0n) is 9.60. The Balaban J connectivity index is 1.80. The molecule has 2 amide bonds. The van der Waals surface area contributed by atoms with E-state index in [2.05, 4.69) is 15.8 Å². The number of nitrogens with zero attached hydrogens (tertiary/aromatic N) is 1. The van der Waals surface area contributed by atoms with Crippen LogP contribution in [-0.2, 0) is 4.79 Å². The van der Waals surface area contributed by atoms with E-state index in [0.717, 1.165) is 0 Å². The van der Waals surface area contributed by atoms with E-state index in [1.54, 1.807) is 30.5 Å². The summed E-state index contributed by atoms with van der Waals surface area (Å²) in [5.74, 6) is 0.320. The molecule has 0 unspecified atom stereocenters. The molecule has 2 rings (SSSR count). The van der Waals surface area contributed by atoms with Crippen molar-refractivity contribution in [2.45, 2.75) is 6.92 Å². The molecule has 0 aliphatic heterocycles. The molecular weight excluding hydrogens is 254 g/mol. The number of anilines is 1. The van der Waals surface area contributed by atoms with Crippen LogP contribution in [0.15, 0.2) is 28.1 Å². The normalized spacial score (nSPS) is 10.1. The van der Waals surface area contributed by atoms with Gasteiger partial charge in [-0.3, -0.25) is 9.59 Å². The predicted octanol–water partition coefficient (Wildman–Crippen LogP) is 1.41. The largest absolute Gasteiger partial charge is 0.360 e. The van der Waals surface area contributed by atoms with Gasteiger partial charge in [0.2, 0.25) is 5.91 Å². The molecule has 0 saturated heterocycles. The number of rotatable bonds is 4. The summed E-state index contributed by atoms with van der Waals surface area (Å²) in [5.41, 5.74) is 0. The van der Waals surface area contributed by atoms with Gasteiger partial charge in [0.15, 0.2) is 5.82 Å². The van der Waals surface area contributed by atoms with Crippen molar-refractivity contribution >= 4 is 29.0 Å². The van der Waals surface area contributed by atoms with E-state index < -0.39 is 0 Å². The fourth-order valence-corrected chi connectivity index (χ4v) is 1.91. The van der Waals surface area contributed by atoms with Gasteiger partial charge >= 0.3 is 0 Å². The van der Waals surface area contributed by atoms with Gasteiger partial charge in [0, 0.05) is 6.07 Å². The topological polar surface area (TPSA) is 84.2 Å². The summed E-state index contributed by atoms with van der Waals surface area (Å²) in [4.78, 5) is 23.6. The number of carbonyl (C=O) groups is 2. The van der Waals surface area contributed by atoms with Crippen LogP contribution in [-0.4, -0.2) is 23.5 Å². The summed E-state index contributed by atoms with van der Waals surface area (Å²) in [6.45, 7) is 1.61. The highest BCUT2D eigenvalue weighted by molar-refractivity contribution is 7.12. The van der Waals surface area contributed by atoms with Gasteiger partial charge in [-0.05, 0) is 18.4 Å². The SMILES string of the molecule is Cc1cc(NC(=O)CNC(=O)c2cccs2)no1. The summed E-state index contributed by atoms with van der Waals surface area (Å²) in [5, 5.41) is 10.4. The second kappa shape index (κ2) is 5.46. The van der Waals surface area contributed by atoms with Gasteiger partial charge in [0.1, 0.15) is 5.76 Å². The number of aromatic nitrogens is 1. The Morgan fingerprint density at radius 3 is 2.94 bits per heavy atom. The second-order valence-corrected chi connectivity index (χ2v) is 4.48. The summed E-state index contributed by atoms with van der Waals surface area (Å²) in [7, 11) is 0. The minimum absolute atomic E-state index is 0.108. The number of thiophene rings is 1. The Hall–Kier alpha value is -2.15. The Morgan fingerprint density at radius 2 is 2.33 bits per heavy atom. The van der Waals surface area contributed by atoms with Crippen LogP contribution >= 0.6 is 11.3 Å². The average molecular weight is 265 g/mol. The van der Waals surface area contributed by atoms with Gasteiger partial charge in [-0.2, -0.15) is 0 Å². The monoisotopic (exact) mass is 265 g/mol. The van der Waals surface area contributed by atoms with Crippen molar-refractivity contribution in [2.75, 3.05) is 11.9 Å². The average Bonchev–Trinajstić information content (AvgIpc) is 2.97. The molecule has 6 nitrogen and oxygen atoms in total. The minimum atomic E-state index is -0.354. The quantitative estimate of drug-likeness (QED) is 0.875. The van der Waals surface area contributed by atoms with Crippen LogP contribution in [0.25, 0.3) is 0 Å². The maximum absolute atomic E-state index is 11.6. The molecule has 0 radical (unpaired) electrons. The molecule has 2 aromatic heterocycles. The lowest BCUT2D eigenvalue weighted by Gasteiger charge is -2.02. The van der Waals surface area contributed by atoms with Gasteiger partial charge in [-0.15, -0.1) is 11.3 Å². The summed E-state index contributed by atoms with van der Waals surface area (Å²) in [6.07, 6.45) is 0. The molecule has 18 heavy (non-hydrogen) atoms. The van der Waals surface area contributed by atoms with Crippen molar-refractivity contribution in [3.8, 4) is 0 Å². The molecule has 0 fully saturated rings. The zero-order chi connectivity index (χ0) is 13.0. The Kier molecular flexibility index (Phi) is 3.73. The van der Waals surface area contributed by atoms with Crippen LogP contribution in [0.5, 0.6) is 0 Å². The molecule has 94 valence electrons. The Morgan fingerprint density at radius 1 is 1.50 bits per heavy atom. The molecule has 0 aromatic carbocycles. The smallest absolute Gasteiger partial charge is 0.261 e. The van der Waals surface area contributed by atoms with Crippen LogP contribution < -0.4 is 10.6 Å². The van der Waals surface area contributed by atoms with E-state index in [9.17, 15) is 9.59 Å². The van der Waals surface area contributed by atoms with Gasteiger partial charge in [0.05, 0.1) is 11.4 Å². The van der Waals surface area contributed by atoms with Crippen molar-refractivity contribution in [1.82, 2.24) is 10.5 Å². The molecular formula is C11H11N3O3S. The van der Waals surface area contributed by atoms with E-state index >= 15 is 0 Å². The van der Waals surface area contributed by atoms with E-state index in [0.29, 0.717) is 16.5 Å². The lowest BCUT2D eigenvalue weighted by Crippen LogP contribution is -2.32.